The van der Waals surface area contributed by atoms with Crippen LogP contribution < -0.4 is 4.74 Å². The zero-order chi connectivity index (χ0) is 13.2. The molecule has 1 rings (SSSR count). The molecule has 1 unspecified atom stereocenters. The molecule has 1 nitrogen and oxygen atoms in total. The van der Waals surface area contributed by atoms with Gasteiger partial charge < -0.3 is 4.74 Å². The molecule has 0 aliphatic heterocycles. The molecule has 0 aliphatic rings. The van der Waals surface area contributed by atoms with E-state index in [1.807, 2.05) is 6.92 Å². The summed E-state index contributed by atoms with van der Waals surface area (Å²) in [6.45, 7) is 7.19. The van der Waals surface area contributed by atoms with Gasteiger partial charge in [-0.25, -0.2) is 0 Å². The molecule has 0 saturated carbocycles. The van der Waals surface area contributed by atoms with E-state index in [1.165, 1.54) is 18.4 Å². The Labute approximate surface area is 112 Å². The second-order valence-electron chi connectivity index (χ2n) is 4.60. The molecule has 0 amide bonds. The highest BCUT2D eigenvalue weighted by Crippen LogP contribution is 2.27. The maximum atomic E-state index is 5.49. The summed E-state index contributed by atoms with van der Waals surface area (Å²) >= 11 is 0. The van der Waals surface area contributed by atoms with E-state index in [9.17, 15) is 0 Å². The van der Waals surface area contributed by atoms with Gasteiger partial charge in [0, 0.05) is 0 Å². The van der Waals surface area contributed by atoms with Gasteiger partial charge in [0.2, 0.25) is 0 Å². The number of rotatable bonds is 8. The van der Waals surface area contributed by atoms with Crippen molar-refractivity contribution in [2.75, 3.05) is 6.61 Å². The maximum absolute atomic E-state index is 5.49. The van der Waals surface area contributed by atoms with Crippen molar-refractivity contribution in [3.63, 3.8) is 0 Å². The van der Waals surface area contributed by atoms with E-state index in [0.717, 1.165) is 25.2 Å². The molecular weight excluding hydrogens is 220 g/mol. The van der Waals surface area contributed by atoms with Crippen LogP contribution >= 0.6 is 0 Å². The molecule has 1 heteroatoms. The molecule has 1 aromatic carbocycles. The molecule has 0 radical (unpaired) electrons. The lowest BCUT2D eigenvalue weighted by atomic mass is 9.91. The standard InChI is InChI=1S/C17H26O/c1-4-7-8-10-15(9-5-2)16-11-13-17(14-12-16)18-6-3/h7-8,11-15H,4-6,9-10H2,1-3H3/b8-7-. The van der Waals surface area contributed by atoms with E-state index in [2.05, 4.69) is 50.3 Å². The largest absolute Gasteiger partial charge is 0.494 e. The first-order chi connectivity index (χ1) is 8.81. The summed E-state index contributed by atoms with van der Waals surface area (Å²) in [4.78, 5) is 0. The van der Waals surface area contributed by atoms with E-state index < -0.39 is 0 Å². The second kappa shape index (κ2) is 8.79. The highest BCUT2D eigenvalue weighted by molar-refractivity contribution is 5.29. The SMILES string of the molecule is CC/C=C\CC(CCC)c1ccc(OCC)cc1. The fraction of sp³-hybridized carbons (Fsp3) is 0.529. The number of hydrogen-bond donors (Lipinski definition) is 0. The Kier molecular flexibility index (Phi) is 7.24. The fourth-order valence-electron chi connectivity index (χ4n) is 2.20. The Bertz CT molecular complexity index is 337. The van der Waals surface area contributed by atoms with Crippen LogP contribution in [0.1, 0.15) is 57.9 Å². The van der Waals surface area contributed by atoms with Gasteiger partial charge in [-0.1, -0.05) is 44.6 Å². The van der Waals surface area contributed by atoms with Crippen LogP contribution in [0.4, 0.5) is 0 Å². The summed E-state index contributed by atoms with van der Waals surface area (Å²) in [7, 11) is 0. The molecular formula is C17H26O. The van der Waals surface area contributed by atoms with Crippen molar-refractivity contribution >= 4 is 0 Å². The number of benzene rings is 1. The first-order valence-corrected chi connectivity index (χ1v) is 7.19. The number of ether oxygens (including phenoxy) is 1. The Hall–Kier alpha value is -1.24. The third-order valence-corrected chi connectivity index (χ3v) is 3.12. The molecule has 0 aliphatic carbocycles. The highest BCUT2D eigenvalue weighted by atomic mass is 16.5. The molecule has 0 heterocycles. The molecule has 1 atom stereocenters. The van der Waals surface area contributed by atoms with Crippen molar-refractivity contribution < 1.29 is 4.74 Å². The van der Waals surface area contributed by atoms with Crippen LogP contribution in [0.25, 0.3) is 0 Å². The predicted molar refractivity (Wildman–Crippen MR) is 79.3 cm³/mol. The van der Waals surface area contributed by atoms with Gasteiger partial charge in [-0.3, -0.25) is 0 Å². The first-order valence-electron chi connectivity index (χ1n) is 7.19. The lowest BCUT2D eigenvalue weighted by molar-refractivity contribution is 0.340. The molecule has 0 bridgehead atoms. The van der Waals surface area contributed by atoms with Gasteiger partial charge in [-0.05, 0) is 49.8 Å². The van der Waals surface area contributed by atoms with Crippen LogP contribution in [-0.2, 0) is 0 Å². The van der Waals surface area contributed by atoms with Gasteiger partial charge in [0.1, 0.15) is 5.75 Å². The monoisotopic (exact) mass is 246 g/mol. The molecule has 18 heavy (non-hydrogen) atoms. The van der Waals surface area contributed by atoms with Crippen molar-refractivity contribution in [2.45, 2.75) is 52.4 Å². The molecule has 0 N–H and O–H groups in total. The summed E-state index contributed by atoms with van der Waals surface area (Å²) in [6.07, 6.45) is 9.34. The van der Waals surface area contributed by atoms with E-state index in [1.54, 1.807) is 0 Å². The Balaban J connectivity index is 2.68. The van der Waals surface area contributed by atoms with Crippen LogP contribution in [0.2, 0.25) is 0 Å². The smallest absolute Gasteiger partial charge is 0.119 e. The molecule has 0 saturated heterocycles. The minimum atomic E-state index is 0.647. The van der Waals surface area contributed by atoms with Gasteiger partial charge in [0.05, 0.1) is 6.61 Å². The lowest BCUT2D eigenvalue weighted by Crippen LogP contribution is -1.98. The zero-order valence-corrected chi connectivity index (χ0v) is 12.0. The first kappa shape index (κ1) is 14.8. The van der Waals surface area contributed by atoms with Crippen LogP contribution in [0.5, 0.6) is 5.75 Å². The van der Waals surface area contributed by atoms with Crippen molar-refractivity contribution in [1.82, 2.24) is 0 Å². The minimum Gasteiger partial charge on any atom is -0.494 e. The molecule has 1 aromatic rings. The number of hydrogen-bond acceptors (Lipinski definition) is 1. The van der Waals surface area contributed by atoms with Gasteiger partial charge >= 0.3 is 0 Å². The van der Waals surface area contributed by atoms with Crippen molar-refractivity contribution in [1.29, 1.82) is 0 Å². The summed E-state index contributed by atoms with van der Waals surface area (Å²) in [6, 6.07) is 8.60. The van der Waals surface area contributed by atoms with Gasteiger partial charge in [0.15, 0.2) is 0 Å². The van der Waals surface area contributed by atoms with Crippen molar-refractivity contribution in [3.05, 3.63) is 42.0 Å². The van der Waals surface area contributed by atoms with E-state index >= 15 is 0 Å². The molecule has 0 fully saturated rings. The average Bonchev–Trinajstić information content (AvgIpc) is 2.39. The average molecular weight is 246 g/mol. The van der Waals surface area contributed by atoms with Gasteiger partial charge in [-0.2, -0.15) is 0 Å². The summed E-state index contributed by atoms with van der Waals surface area (Å²) in [5, 5.41) is 0. The second-order valence-corrected chi connectivity index (χ2v) is 4.60. The third-order valence-electron chi connectivity index (χ3n) is 3.12. The van der Waals surface area contributed by atoms with Crippen LogP contribution in [0.3, 0.4) is 0 Å². The van der Waals surface area contributed by atoms with E-state index in [0.29, 0.717) is 5.92 Å². The Morgan fingerprint density at radius 3 is 2.33 bits per heavy atom. The Morgan fingerprint density at radius 1 is 1.06 bits per heavy atom. The summed E-state index contributed by atoms with van der Waals surface area (Å²) in [5.74, 6) is 1.62. The van der Waals surface area contributed by atoms with E-state index in [4.69, 9.17) is 4.74 Å². The van der Waals surface area contributed by atoms with Crippen molar-refractivity contribution in [2.24, 2.45) is 0 Å². The molecule has 100 valence electrons. The topological polar surface area (TPSA) is 9.23 Å². The maximum Gasteiger partial charge on any atom is 0.119 e. The highest BCUT2D eigenvalue weighted by Gasteiger charge is 2.08. The minimum absolute atomic E-state index is 0.647. The molecule has 0 aromatic heterocycles. The summed E-state index contributed by atoms with van der Waals surface area (Å²) < 4.78 is 5.49. The zero-order valence-electron chi connectivity index (χ0n) is 12.0. The van der Waals surface area contributed by atoms with Crippen LogP contribution in [0, 0.1) is 0 Å². The number of allylic oxidation sites excluding steroid dienone is 2. The van der Waals surface area contributed by atoms with Crippen molar-refractivity contribution in [3.8, 4) is 5.75 Å². The van der Waals surface area contributed by atoms with E-state index in [-0.39, 0.29) is 0 Å². The normalized spacial score (nSPS) is 12.8. The molecule has 0 spiro atoms. The van der Waals surface area contributed by atoms with Crippen LogP contribution in [-0.4, -0.2) is 6.61 Å². The lowest BCUT2D eigenvalue weighted by Gasteiger charge is -2.15. The summed E-state index contributed by atoms with van der Waals surface area (Å²) in [5.41, 5.74) is 1.43. The van der Waals surface area contributed by atoms with Gasteiger partial charge in [0.25, 0.3) is 0 Å². The van der Waals surface area contributed by atoms with Crippen LogP contribution in [0.15, 0.2) is 36.4 Å². The quantitative estimate of drug-likeness (QED) is 0.564. The fourth-order valence-corrected chi connectivity index (χ4v) is 2.20. The Morgan fingerprint density at radius 2 is 1.78 bits per heavy atom. The predicted octanol–water partition coefficient (Wildman–Crippen LogP) is 5.33. The van der Waals surface area contributed by atoms with Gasteiger partial charge in [-0.15, -0.1) is 0 Å². The third kappa shape index (κ3) is 4.95.